The van der Waals surface area contributed by atoms with Crippen LogP contribution in [0.15, 0.2) is 34.9 Å². The molecular weight excluding hydrogens is 244 g/mol. The van der Waals surface area contributed by atoms with Crippen molar-refractivity contribution in [2.75, 3.05) is 13.1 Å². The van der Waals surface area contributed by atoms with Gasteiger partial charge in [-0.2, -0.15) is 0 Å². The van der Waals surface area contributed by atoms with Gasteiger partial charge in [0.25, 0.3) is 0 Å². The maximum atomic E-state index is 10.5. The van der Waals surface area contributed by atoms with E-state index in [-0.39, 0.29) is 12.5 Å². The largest absolute Gasteiger partial charge is 0.481 e. The molecule has 1 heterocycles. The molecule has 19 heavy (non-hydrogen) atoms. The van der Waals surface area contributed by atoms with Crippen LogP contribution in [0.2, 0.25) is 0 Å². The normalized spacial score (nSPS) is 12.7. The van der Waals surface area contributed by atoms with Crippen LogP contribution in [0.4, 0.5) is 0 Å². The smallest absolute Gasteiger partial charge is 0.304 e. The summed E-state index contributed by atoms with van der Waals surface area (Å²) in [6.45, 7) is 1.25. The van der Waals surface area contributed by atoms with Gasteiger partial charge in [-0.25, -0.2) is 0 Å². The Morgan fingerprint density at radius 3 is 3.00 bits per heavy atom. The van der Waals surface area contributed by atoms with Crippen molar-refractivity contribution in [3.05, 3.63) is 36.1 Å². The Hall–Kier alpha value is -1.85. The third-order valence-corrected chi connectivity index (χ3v) is 2.98. The molecule has 102 valence electrons. The summed E-state index contributed by atoms with van der Waals surface area (Å²) in [5.41, 5.74) is 7.70. The van der Waals surface area contributed by atoms with Gasteiger partial charge >= 0.3 is 5.97 Å². The van der Waals surface area contributed by atoms with Crippen molar-refractivity contribution < 1.29 is 14.3 Å². The molecule has 0 radical (unpaired) electrons. The number of para-hydroxylation sites is 1. The molecule has 0 aliphatic carbocycles. The Morgan fingerprint density at radius 1 is 1.42 bits per heavy atom. The maximum Gasteiger partial charge on any atom is 0.304 e. The van der Waals surface area contributed by atoms with E-state index in [1.807, 2.05) is 24.3 Å². The van der Waals surface area contributed by atoms with Crippen molar-refractivity contribution in [1.29, 1.82) is 0 Å². The van der Waals surface area contributed by atoms with Gasteiger partial charge in [-0.3, -0.25) is 4.79 Å². The Balaban J connectivity index is 1.78. The number of aliphatic carboxylic acids is 1. The first-order chi connectivity index (χ1) is 9.16. The molecule has 0 fully saturated rings. The molecule has 0 aliphatic heterocycles. The fraction of sp³-hybridized carbons (Fsp3) is 0.357. The lowest BCUT2D eigenvalue weighted by atomic mass is 10.1. The molecule has 1 unspecified atom stereocenters. The minimum Gasteiger partial charge on any atom is -0.481 e. The molecule has 5 nitrogen and oxygen atoms in total. The Morgan fingerprint density at radius 2 is 2.21 bits per heavy atom. The van der Waals surface area contributed by atoms with Crippen LogP contribution in [-0.2, 0) is 11.2 Å². The first-order valence-corrected chi connectivity index (χ1v) is 6.30. The number of benzene rings is 1. The number of fused-ring (bicyclic) bond motifs is 1. The highest BCUT2D eigenvalue weighted by molar-refractivity contribution is 5.80. The van der Waals surface area contributed by atoms with Gasteiger partial charge in [0.2, 0.25) is 0 Å². The molecule has 0 aliphatic rings. The molecule has 5 heteroatoms. The monoisotopic (exact) mass is 262 g/mol. The van der Waals surface area contributed by atoms with Gasteiger partial charge in [0.1, 0.15) is 5.58 Å². The van der Waals surface area contributed by atoms with E-state index < -0.39 is 5.97 Å². The van der Waals surface area contributed by atoms with E-state index in [1.54, 1.807) is 6.26 Å². The predicted molar refractivity (Wildman–Crippen MR) is 73.0 cm³/mol. The molecule has 0 spiro atoms. The van der Waals surface area contributed by atoms with Crippen LogP contribution >= 0.6 is 0 Å². The molecule has 2 rings (SSSR count). The Bertz CT molecular complexity index is 550. The molecule has 2 aromatic rings. The van der Waals surface area contributed by atoms with E-state index in [0.717, 1.165) is 29.5 Å². The maximum absolute atomic E-state index is 10.5. The highest BCUT2D eigenvalue weighted by Gasteiger charge is 2.08. The van der Waals surface area contributed by atoms with E-state index in [9.17, 15) is 4.79 Å². The van der Waals surface area contributed by atoms with Gasteiger partial charge in [-0.15, -0.1) is 0 Å². The van der Waals surface area contributed by atoms with Gasteiger partial charge in [-0.1, -0.05) is 18.2 Å². The van der Waals surface area contributed by atoms with Crippen molar-refractivity contribution >= 4 is 16.9 Å². The number of carbonyl (C=O) groups is 1. The van der Waals surface area contributed by atoms with Crippen molar-refractivity contribution in [2.24, 2.45) is 5.73 Å². The molecule has 1 aromatic heterocycles. The number of nitrogens with two attached hydrogens (primary N) is 1. The van der Waals surface area contributed by atoms with Crippen LogP contribution < -0.4 is 11.1 Å². The molecule has 4 N–H and O–H groups in total. The summed E-state index contributed by atoms with van der Waals surface area (Å²) in [5.74, 6) is -0.866. The second kappa shape index (κ2) is 6.36. The Kier molecular flexibility index (Phi) is 4.54. The van der Waals surface area contributed by atoms with Crippen molar-refractivity contribution in [2.45, 2.75) is 18.9 Å². The number of carboxylic acid groups (broad SMARTS) is 1. The lowest BCUT2D eigenvalue weighted by molar-refractivity contribution is -0.137. The molecule has 0 saturated heterocycles. The fourth-order valence-electron chi connectivity index (χ4n) is 2.03. The van der Waals surface area contributed by atoms with Crippen LogP contribution in [0.5, 0.6) is 0 Å². The summed E-state index contributed by atoms with van der Waals surface area (Å²) in [5, 5.41) is 12.9. The summed E-state index contributed by atoms with van der Waals surface area (Å²) in [7, 11) is 0. The van der Waals surface area contributed by atoms with E-state index in [1.165, 1.54) is 0 Å². The lowest BCUT2D eigenvalue weighted by Crippen LogP contribution is -2.36. The molecule has 0 amide bonds. The summed E-state index contributed by atoms with van der Waals surface area (Å²) in [4.78, 5) is 10.5. The van der Waals surface area contributed by atoms with Crippen molar-refractivity contribution in [3.63, 3.8) is 0 Å². The zero-order chi connectivity index (χ0) is 13.7. The minimum atomic E-state index is -0.866. The number of hydrogen-bond acceptors (Lipinski definition) is 4. The molecule has 0 saturated carbocycles. The fourth-order valence-corrected chi connectivity index (χ4v) is 2.03. The first kappa shape index (κ1) is 13.6. The highest BCUT2D eigenvalue weighted by atomic mass is 16.4. The topological polar surface area (TPSA) is 88.5 Å². The molecule has 0 bridgehead atoms. The van der Waals surface area contributed by atoms with Crippen LogP contribution in [0, 0.1) is 0 Å². The van der Waals surface area contributed by atoms with E-state index in [4.69, 9.17) is 15.3 Å². The first-order valence-electron chi connectivity index (χ1n) is 6.30. The summed E-state index contributed by atoms with van der Waals surface area (Å²) < 4.78 is 5.45. The van der Waals surface area contributed by atoms with Gasteiger partial charge in [0.05, 0.1) is 12.7 Å². The zero-order valence-corrected chi connectivity index (χ0v) is 10.6. The Labute approximate surface area is 111 Å². The third-order valence-electron chi connectivity index (χ3n) is 2.98. The standard InChI is InChI=1S/C14H18N2O3/c15-11(7-14(17)18)8-16-6-5-10-9-19-13-4-2-1-3-12(10)13/h1-4,9,11,16H,5-8,15H2,(H,17,18). The van der Waals surface area contributed by atoms with Crippen LogP contribution in [0.25, 0.3) is 11.0 Å². The predicted octanol–water partition coefficient (Wildman–Crippen LogP) is 1.37. The summed E-state index contributed by atoms with van der Waals surface area (Å²) in [6, 6.07) is 7.55. The van der Waals surface area contributed by atoms with E-state index in [0.29, 0.717) is 6.54 Å². The van der Waals surface area contributed by atoms with E-state index >= 15 is 0 Å². The van der Waals surface area contributed by atoms with Crippen LogP contribution in [0.3, 0.4) is 0 Å². The number of carboxylic acids is 1. The quantitative estimate of drug-likeness (QED) is 0.656. The summed E-state index contributed by atoms with van der Waals surface area (Å²) in [6.07, 6.45) is 2.59. The number of furan rings is 1. The van der Waals surface area contributed by atoms with Gasteiger partial charge < -0.3 is 20.6 Å². The van der Waals surface area contributed by atoms with Gasteiger partial charge in [0.15, 0.2) is 0 Å². The number of rotatable bonds is 7. The third kappa shape index (κ3) is 3.81. The van der Waals surface area contributed by atoms with E-state index in [2.05, 4.69) is 5.32 Å². The SMILES string of the molecule is NC(CNCCc1coc2ccccc12)CC(=O)O. The average molecular weight is 262 g/mol. The minimum absolute atomic E-state index is 0.0123. The molecular formula is C14H18N2O3. The lowest BCUT2D eigenvalue weighted by Gasteiger charge is -2.09. The van der Waals surface area contributed by atoms with Gasteiger partial charge in [-0.05, 0) is 24.6 Å². The second-order valence-corrected chi connectivity index (χ2v) is 4.57. The number of nitrogens with one attached hydrogen (secondary N) is 1. The second-order valence-electron chi connectivity index (χ2n) is 4.57. The highest BCUT2D eigenvalue weighted by Crippen LogP contribution is 2.20. The zero-order valence-electron chi connectivity index (χ0n) is 10.6. The van der Waals surface area contributed by atoms with Crippen molar-refractivity contribution in [1.82, 2.24) is 5.32 Å². The molecule has 1 atom stereocenters. The van der Waals surface area contributed by atoms with Crippen molar-refractivity contribution in [3.8, 4) is 0 Å². The summed E-state index contributed by atoms with van der Waals surface area (Å²) >= 11 is 0. The molecule has 1 aromatic carbocycles. The average Bonchev–Trinajstić information content (AvgIpc) is 2.77. The number of hydrogen-bond donors (Lipinski definition) is 3. The van der Waals surface area contributed by atoms with Gasteiger partial charge in [0, 0.05) is 18.0 Å². The van der Waals surface area contributed by atoms with Crippen LogP contribution in [0.1, 0.15) is 12.0 Å². The van der Waals surface area contributed by atoms with Crippen LogP contribution in [-0.4, -0.2) is 30.2 Å².